The van der Waals surface area contributed by atoms with Crippen LogP contribution in [0.1, 0.15) is 16.8 Å². The number of benzene rings is 2. The number of aromatic nitrogens is 2. The van der Waals surface area contributed by atoms with Crippen LogP contribution in [0.2, 0.25) is 0 Å². The average molecular weight is 440 g/mol. The molecule has 4 aromatic rings. The minimum Gasteiger partial charge on any atom is -0.487 e. The quantitative estimate of drug-likeness (QED) is 0.410. The van der Waals surface area contributed by atoms with Crippen LogP contribution in [0.15, 0.2) is 85.3 Å². The second-order valence-electron chi connectivity index (χ2n) is 8.69. The molecule has 0 aliphatic carbocycles. The van der Waals surface area contributed by atoms with Gasteiger partial charge in [-0.2, -0.15) is 0 Å². The maximum Gasteiger partial charge on any atom is 0.130 e. The highest BCUT2D eigenvalue weighted by Gasteiger charge is 2.19. The molecule has 1 saturated heterocycles. The minimum atomic E-state index is 0.463. The summed E-state index contributed by atoms with van der Waals surface area (Å²) in [5, 5.41) is 2.43. The predicted octanol–water partition coefficient (Wildman–Crippen LogP) is 4.90. The van der Waals surface area contributed by atoms with E-state index in [4.69, 9.17) is 9.47 Å². The van der Waals surface area contributed by atoms with Gasteiger partial charge in [-0.15, -0.1) is 0 Å². The molecule has 0 amide bonds. The van der Waals surface area contributed by atoms with E-state index in [2.05, 4.69) is 57.3 Å². The summed E-state index contributed by atoms with van der Waals surface area (Å²) in [4.78, 5) is 11.1. The maximum atomic E-state index is 5.97. The molecule has 5 nitrogen and oxygen atoms in total. The minimum absolute atomic E-state index is 0.463. The Kier molecular flexibility index (Phi) is 6.90. The van der Waals surface area contributed by atoms with E-state index in [0.717, 1.165) is 50.7 Å². The van der Waals surface area contributed by atoms with Gasteiger partial charge in [0.2, 0.25) is 0 Å². The summed E-state index contributed by atoms with van der Waals surface area (Å²) in [6, 6.07) is 23.0. The van der Waals surface area contributed by atoms with Crippen molar-refractivity contribution in [2.45, 2.75) is 19.6 Å². The van der Waals surface area contributed by atoms with E-state index < -0.39 is 0 Å². The highest BCUT2D eigenvalue weighted by atomic mass is 16.5. The fourth-order valence-corrected chi connectivity index (χ4v) is 4.45. The highest BCUT2D eigenvalue weighted by molar-refractivity contribution is 5.82. The molecule has 168 valence electrons. The first kappa shape index (κ1) is 21.6. The van der Waals surface area contributed by atoms with Gasteiger partial charge in [0.25, 0.3) is 0 Å². The molecule has 0 N–H and O–H groups in total. The number of fused-ring (bicyclic) bond motifs is 1. The molecule has 0 spiro atoms. The first-order chi connectivity index (χ1) is 16.3. The van der Waals surface area contributed by atoms with Gasteiger partial charge in [-0.25, -0.2) is 0 Å². The van der Waals surface area contributed by atoms with Crippen LogP contribution >= 0.6 is 0 Å². The Morgan fingerprint density at radius 1 is 0.939 bits per heavy atom. The predicted molar refractivity (Wildman–Crippen MR) is 130 cm³/mol. The van der Waals surface area contributed by atoms with Crippen LogP contribution in [0.3, 0.4) is 0 Å². The summed E-state index contributed by atoms with van der Waals surface area (Å²) < 4.78 is 11.9. The molecular formula is C28H29N3O2. The molecule has 0 saturated carbocycles. The zero-order valence-corrected chi connectivity index (χ0v) is 18.8. The third kappa shape index (κ3) is 5.95. The Morgan fingerprint density at radius 3 is 2.88 bits per heavy atom. The van der Waals surface area contributed by atoms with Gasteiger partial charge in [-0.3, -0.25) is 14.9 Å². The molecular weight excluding hydrogens is 410 g/mol. The molecule has 2 aromatic heterocycles. The molecule has 2 aromatic carbocycles. The van der Waals surface area contributed by atoms with Crippen molar-refractivity contribution in [3.63, 3.8) is 0 Å². The summed E-state index contributed by atoms with van der Waals surface area (Å²) in [5.74, 6) is 1.34. The number of hydrogen-bond acceptors (Lipinski definition) is 5. The first-order valence-corrected chi connectivity index (χ1v) is 11.6. The zero-order chi connectivity index (χ0) is 22.3. The molecule has 1 fully saturated rings. The molecule has 3 heterocycles. The van der Waals surface area contributed by atoms with Gasteiger partial charge in [0, 0.05) is 43.6 Å². The van der Waals surface area contributed by atoms with Crippen molar-refractivity contribution in [3.8, 4) is 5.75 Å². The molecule has 1 unspecified atom stereocenters. The number of nitrogens with zero attached hydrogens (tertiary/aromatic N) is 3. The van der Waals surface area contributed by atoms with E-state index in [9.17, 15) is 0 Å². The molecule has 1 atom stereocenters. The van der Waals surface area contributed by atoms with Crippen molar-refractivity contribution < 1.29 is 9.47 Å². The maximum absolute atomic E-state index is 5.97. The Morgan fingerprint density at radius 2 is 1.94 bits per heavy atom. The van der Waals surface area contributed by atoms with E-state index in [1.807, 2.05) is 36.7 Å². The second-order valence-corrected chi connectivity index (χ2v) is 8.69. The summed E-state index contributed by atoms with van der Waals surface area (Å²) in [6.45, 7) is 4.90. The first-order valence-electron chi connectivity index (χ1n) is 11.6. The summed E-state index contributed by atoms with van der Waals surface area (Å²) in [5.41, 5.74) is 3.53. The third-order valence-corrected chi connectivity index (χ3v) is 6.07. The monoisotopic (exact) mass is 439 g/mol. The number of ether oxygens (including phenoxy) is 2. The lowest BCUT2D eigenvalue weighted by atomic mass is 9.97. The van der Waals surface area contributed by atoms with Gasteiger partial charge in [-0.05, 0) is 65.3 Å². The Labute approximate surface area is 195 Å². The number of pyridine rings is 2. The largest absolute Gasteiger partial charge is 0.487 e. The van der Waals surface area contributed by atoms with Crippen LogP contribution in [-0.4, -0.2) is 41.2 Å². The fraction of sp³-hybridized carbons (Fsp3) is 0.286. The van der Waals surface area contributed by atoms with Crippen LogP contribution in [0, 0.1) is 5.92 Å². The lowest BCUT2D eigenvalue weighted by molar-refractivity contribution is 0.121. The van der Waals surface area contributed by atoms with E-state index in [1.54, 1.807) is 6.20 Å². The lowest BCUT2D eigenvalue weighted by Crippen LogP contribution is -2.30. The number of rotatable bonds is 7. The van der Waals surface area contributed by atoms with E-state index in [-0.39, 0.29) is 0 Å². The van der Waals surface area contributed by atoms with Crippen molar-refractivity contribution in [2.75, 3.05) is 26.3 Å². The molecule has 1 aliphatic heterocycles. The van der Waals surface area contributed by atoms with Gasteiger partial charge in [0.05, 0.1) is 18.9 Å². The lowest BCUT2D eigenvalue weighted by Gasteiger charge is -2.24. The molecule has 0 bridgehead atoms. The van der Waals surface area contributed by atoms with Crippen LogP contribution in [-0.2, 0) is 24.3 Å². The Balaban J connectivity index is 1.21. The van der Waals surface area contributed by atoms with Crippen LogP contribution in [0.5, 0.6) is 5.75 Å². The summed E-state index contributed by atoms with van der Waals surface area (Å²) in [7, 11) is 0. The van der Waals surface area contributed by atoms with Gasteiger partial charge >= 0.3 is 0 Å². The van der Waals surface area contributed by atoms with Crippen LogP contribution in [0.4, 0.5) is 0 Å². The molecule has 0 radical (unpaired) electrons. The van der Waals surface area contributed by atoms with E-state index in [1.165, 1.54) is 21.9 Å². The molecule has 5 heteroatoms. The van der Waals surface area contributed by atoms with E-state index >= 15 is 0 Å². The fourth-order valence-electron chi connectivity index (χ4n) is 4.45. The Bertz CT molecular complexity index is 1180. The smallest absolute Gasteiger partial charge is 0.130 e. The van der Waals surface area contributed by atoms with Gasteiger partial charge < -0.3 is 9.47 Å². The molecule has 1 aliphatic rings. The van der Waals surface area contributed by atoms with Crippen molar-refractivity contribution in [2.24, 2.45) is 5.92 Å². The van der Waals surface area contributed by atoms with Gasteiger partial charge in [-0.1, -0.05) is 30.3 Å². The average Bonchev–Trinajstić information content (AvgIpc) is 3.08. The zero-order valence-electron chi connectivity index (χ0n) is 18.8. The van der Waals surface area contributed by atoms with Crippen molar-refractivity contribution in [1.29, 1.82) is 0 Å². The molecule has 33 heavy (non-hydrogen) atoms. The van der Waals surface area contributed by atoms with Crippen LogP contribution < -0.4 is 4.74 Å². The third-order valence-electron chi connectivity index (χ3n) is 6.07. The highest BCUT2D eigenvalue weighted by Crippen LogP contribution is 2.21. The Hall–Kier alpha value is -3.28. The van der Waals surface area contributed by atoms with E-state index in [0.29, 0.717) is 12.5 Å². The van der Waals surface area contributed by atoms with Crippen molar-refractivity contribution >= 4 is 10.8 Å². The standard InChI is InChI=1S/C28H29N3O2/c1-2-10-30-27(5-1)21-33-28-6-3-4-23(16-28)18-31-12-13-32-20-24(19-31)14-22-7-8-25-9-11-29-17-26(25)15-22/h1-11,15-17,24H,12-14,18-21H2. The summed E-state index contributed by atoms with van der Waals surface area (Å²) in [6.07, 6.45) is 6.59. The second kappa shape index (κ2) is 10.6. The topological polar surface area (TPSA) is 47.5 Å². The molecule has 5 rings (SSSR count). The van der Waals surface area contributed by atoms with Crippen molar-refractivity contribution in [1.82, 2.24) is 14.9 Å². The van der Waals surface area contributed by atoms with Gasteiger partial charge in [0.15, 0.2) is 0 Å². The SMILES string of the molecule is c1ccc(COc2cccc(CN3CCOCC(Cc4ccc5ccncc5c4)C3)c2)nc1. The normalized spacial score (nSPS) is 17.0. The summed E-state index contributed by atoms with van der Waals surface area (Å²) >= 11 is 0. The van der Waals surface area contributed by atoms with Crippen LogP contribution in [0.25, 0.3) is 10.8 Å². The van der Waals surface area contributed by atoms with Crippen molar-refractivity contribution in [3.05, 3.63) is 102 Å². The number of hydrogen-bond donors (Lipinski definition) is 0. The van der Waals surface area contributed by atoms with Gasteiger partial charge in [0.1, 0.15) is 12.4 Å².